The summed E-state index contributed by atoms with van der Waals surface area (Å²) < 4.78 is 0. The largest absolute Gasteiger partial charge is 0.478 e. The van der Waals surface area contributed by atoms with Crippen molar-refractivity contribution in [2.75, 3.05) is 19.6 Å². The molecule has 1 heterocycles. The van der Waals surface area contributed by atoms with Crippen molar-refractivity contribution in [2.24, 2.45) is 5.73 Å². The minimum Gasteiger partial charge on any atom is -0.478 e. The second-order valence-corrected chi connectivity index (χ2v) is 7.62. The zero-order valence-electron chi connectivity index (χ0n) is 16.5. The molecule has 29 heavy (non-hydrogen) atoms. The number of aliphatic carboxylic acids is 1. The number of nitrogens with zero attached hydrogens (tertiary/aromatic N) is 1. The van der Waals surface area contributed by atoms with Crippen LogP contribution in [0.1, 0.15) is 34.7 Å². The minimum absolute atomic E-state index is 0.372. The molecule has 4 N–H and O–H groups in total. The molecule has 0 bridgehead atoms. The molecule has 3 aromatic rings. The lowest BCUT2D eigenvalue weighted by Crippen LogP contribution is -2.34. The third kappa shape index (κ3) is 4.26. The van der Waals surface area contributed by atoms with E-state index in [0.717, 1.165) is 37.9 Å². The van der Waals surface area contributed by atoms with Crippen molar-refractivity contribution < 1.29 is 9.90 Å². The van der Waals surface area contributed by atoms with Gasteiger partial charge in [0.1, 0.15) is 0 Å². The van der Waals surface area contributed by atoms with Crippen molar-refractivity contribution in [3.05, 3.63) is 77.0 Å². The SMILES string of the molecule is NCCN(CCc1c[nH]c2ccccc12)C1CCc2cc(C=CC(=O)O)ccc21. The van der Waals surface area contributed by atoms with E-state index in [4.69, 9.17) is 10.8 Å². The Kier molecular flexibility index (Phi) is 5.79. The van der Waals surface area contributed by atoms with E-state index in [2.05, 4.69) is 52.5 Å². The Hall–Kier alpha value is -2.89. The van der Waals surface area contributed by atoms with Crippen molar-refractivity contribution in [1.82, 2.24) is 9.88 Å². The Morgan fingerprint density at radius 1 is 1.24 bits per heavy atom. The van der Waals surface area contributed by atoms with Gasteiger partial charge in [0.2, 0.25) is 0 Å². The highest BCUT2D eigenvalue weighted by Crippen LogP contribution is 2.36. The lowest BCUT2D eigenvalue weighted by molar-refractivity contribution is -0.131. The van der Waals surface area contributed by atoms with E-state index in [1.165, 1.54) is 33.7 Å². The predicted molar refractivity (Wildman–Crippen MR) is 117 cm³/mol. The zero-order valence-corrected chi connectivity index (χ0v) is 16.5. The molecule has 1 aliphatic carbocycles. The van der Waals surface area contributed by atoms with Gasteiger partial charge in [-0.2, -0.15) is 0 Å². The van der Waals surface area contributed by atoms with Gasteiger partial charge in [-0.25, -0.2) is 4.79 Å². The van der Waals surface area contributed by atoms with E-state index < -0.39 is 5.97 Å². The minimum atomic E-state index is -0.922. The second kappa shape index (κ2) is 8.64. The highest BCUT2D eigenvalue weighted by Gasteiger charge is 2.27. The Balaban J connectivity index is 1.50. The number of carboxylic acid groups (broad SMARTS) is 1. The van der Waals surface area contributed by atoms with Crippen molar-refractivity contribution in [1.29, 1.82) is 0 Å². The summed E-state index contributed by atoms with van der Waals surface area (Å²) in [6, 6.07) is 15.1. The summed E-state index contributed by atoms with van der Waals surface area (Å²) in [4.78, 5) is 16.6. The Morgan fingerprint density at radius 3 is 2.93 bits per heavy atom. The van der Waals surface area contributed by atoms with Gasteiger partial charge in [-0.05, 0) is 53.7 Å². The molecule has 4 rings (SSSR count). The number of nitrogens with two attached hydrogens (primary N) is 1. The maximum atomic E-state index is 10.8. The van der Waals surface area contributed by atoms with Gasteiger partial charge < -0.3 is 15.8 Å². The molecule has 0 radical (unpaired) electrons. The molecule has 0 fully saturated rings. The van der Waals surface area contributed by atoms with Crippen LogP contribution in [0.15, 0.2) is 54.7 Å². The van der Waals surface area contributed by atoms with Gasteiger partial charge in [0.05, 0.1) is 0 Å². The van der Waals surface area contributed by atoms with Crippen LogP contribution in [0.2, 0.25) is 0 Å². The average Bonchev–Trinajstić information content (AvgIpc) is 3.33. The molecular formula is C24H27N3O2. The van der Waals surface area contributed by atoms with Crippen LogP contribution in [0.3, 0.4) is 0 Å². The number of nitrogens with one attached hydrogen (secondary N) is 1. The molecule has 1 aromatic heterocycles. The molecule has 1 aliphatic rings. The summed E-state index contributed by atoms with van der Waals surface area (Å²) in [6.45, 7) is 2.47. The third-order valence-electron chi connectivity index (χ3n) is 5.83. The number of hydrogen-bond donors (Lipinski definition) is 3. The van der Waals surface area contributed by atoms with E-state index >= 15 is 0 Å². The van der Waals surface area contributed by atoms with Crippen molar-refractivity contribution in [3.8, 4) is 0 Å². The van der Waals surface area contributed by atoms with Gasteiger partial charge in [0.25, 0.3) is 0 Å². The predicted octanol–water partition coefficient (Wildman–Crippen LogP) is 3.76. The number of aryl methyl sites for hydroxylation is 1. The molecule has 150 valence electrons. The normalized spacial score (nSPS) is 16.1. The summed E-state index contributed by atoms with van der Waals surface area (Å²) in [7, 11) is 0. The molecule has 5 nitrogen and oxygen atoms in total. The molecule has 2 aromatic carbocycles. The highest BCUT2D eigenvalue weighted by atomic mass is 16.4. The Labute approximate surface area is 170 Å². The van der Waals surface area contributed by atoms with E-state index in [0.29, 0.717) is 12.6 Å². The fourth-order valence-corrected chi connectivity index (χ4v) is 4.46. The summed E-state index contributed by atoms with van der Waals surface area (Å²) in [5.74, 6) is -0.922. The molecule has 0 amide bonds. The number of fused-ring (bicyclic) bond motifs is 2. The van der Waals surface area contributed by atoms with Gasteiger partial charge in [0, 0.05) is 48.9 Å². The van der Waals surface area contributed by atoms with Crippen molar-refractivity contribution in [3.63, 3.8) is 0 Å². The number of H-pyrrole nitrogens is 1. The van der Waals surface area contributed by atoms with Crippen LogP contribution < -0.4 is 5.73 Å². The monoisotopic (exact) mass is 389 g/mol. The quantitative estimate of drug-likeness (QED) is 0.512. The maximum Gasteiger partial charge on any atom is 0.328 e. The van der Waals surface area contributed by atoms with Crippen LogP contribution in [0.5, 0.6) is 0 Å². The van der Waals surface area contributed by atoms with Crippen LogP contribution >= 0.6 is 0 Å². The van der Waals surface area contributed by atoms with Crippen LogP contribution in [0, 0.1) is 0 Å². The van der Waals surface area contributed by atoms with Crippen LogP contribution in [0.25, 0.3) is 17.0 Å². The number of aromatic amines is 1. The summed E-state index contributed by atoms with van der Waals surface area (Å²) >= 11 is 0. The zero-order chi connectivity index (χ0) is 20.2. The topological polar surface area (TPSA) is 82.3 Å². The van der Waals surface area contributed by atoms with Gasteiger partial charge in [-0.3, -0.25) is 4.90 Å². The lowest BCUT2D eigenvalue weighted by Gasteiger charge is -2.29. The highest BCUT2D eigenvalue weighted by molar-refractivity contribution is 5.85. The van der Waals surface area contributed by atoms with Crippen LogP contribution in [-0.2, 0) is 17.6 Å². The van der Waals surface area contributed by atoms with Crippen LogP contribution in [-0.4, -0.2) is 40.6 Å². The third-order valence-corrected chi connectivity index (χ3v) is 5.83. The molecule has 5 heteroatoms. The molecule has 0 spiro atoms. The number of hydrogen-bond acceptors (Lipinski definition) is 3. The summed E-state index contributed by atoms with van der Waals surface area (Å²) in [5, 5.41) is 10.1. The van der Waals surface area contributed by atoms with Crippen molar-refractivity contribution >= 4 is 22.9 Å². The van der Waals surface area contributed by atoms with Crippen LogP contribution in [0.4, 0.5) is 0 Å². The van der Waals surface area contributed by atoms with E-state index in [-0.39, 0.29) is 0 Å². The Bertz CT molecular complexity index is 1040. The molecule has 0 saturated carbocycles. The molecule has 0 saturated heterocycles. The molecule has 0 aliphatic heterocycles. The number of carboxylic acids is 1. The number of aromatic nitrogens is 1. The second-order valence-electron chi connectivity index (χ2n) is 7.62. The van der Waals surface area contributed by atoms with Gasteiger partial charge >= 0.3 is 5.97 Å². The van der Waals surface area contributed by atoms with Gasteiger partial charge in [-0.1, -0.05) is 36.4 Å². The fourth-order valence-electron chi connectivity index (χ4n) is 4.46. The Morgan fingerprint density at radius 2 is 2.10 bits per heavy atom. The smallest absolute Gasteiger partial charge is 0.328 e. The van der Waals surface area contributed by atoms with E-state index in [9.17, 15) is 4.79 Å². The fraction of sp³-hybridized carbons (Fsp3) is 0.292. The van der Waals surface area contributed by atoms with E-state index in [1.54, 1.807) is 6.08 Å². The number of benzene rings is 2. The number of para-hydroxylation sites is 1. The average molecular weight is 389 g/mol. The van der Waals surface area contributed by atoms with Gasteiger partial charge in [-0.15, -0.1) is 0 Å². The summed E-state index contributed by atoms with van der Waals surface area (Å²) in [5.41, 5.74) is 12.1. The maximum absolute atomic E-state index is 10.8. The number of rotatable bonds is 8. The first-order valence-electron chi connectivity index (χ1n) is 10.2. The van der Waals surface area contributed by atoms with E-state index in [1.807, 2.05) is 6.07 Å². The molecule has 1 unspecified atom stereocenters. The first-order chi connectivity index (χ1) is 14.2. The van der Waals surface area contributed by atoms with Gasteiger partial charge in [0.15, 0.2) is 0 Å². The lowest BCUT2D eigenvalue weighted by atomic mass is 10.0. The first-order valence-corrected chi connectivity index (χ1v) is 10.2. The number of carbonyl (C=O) groups is 1. The summed E-state index contributed by atoms with van der Waals surface area (Å²) in [6.07, 6.45) is 8.04. The standard InChI is InChI=1S/C24H27N3O2/c25-12-14-27(13-11-19-16-26-22-4-2-1-3-20(19)22)23-9-7-18-15-17(5-8-21(18)23)6-10-24(28)29/h1-6,8,10,15-16,23,26H,7,9,11-14,25H2,(H,28,29). The molecule has 1 atom stereocenters. The first kappa shape index (κ1) is 19.4. The molecular weight excluding hydrogens is 362 g/mol. The van der Waals surface area contributed by atoms with Crippen molar-refractivity contribution in [2.45, 2.75) is 25.3 Å².